The Morgan fingerprint density at radius 2 is 1.69 bits per heavy atom. The number of amides is 3. The third-order valence-corrected chi connectivity index (χ3v) is 5.82. The molecule has 0 saturated carbocycles. The van der Waals surface area contributed by atoms with E-state index in [9.17, 15) is 14.4 Å². The lowest BCUT2D eigenvalue weighted by Gasteiger charge is -2.30. The molecule has 6 heteroatoms. The lowest BCUT2D eigenvalue weighted by Crippen LogP contribution is -2.40. The smallest absolute Gasteiger partial charge is 0.253 e. The summed E-state index contributed by atoms with van der Waals surface area (Å²) in [5.74, 6) is -0.291. The number of anilines is 1. The Kier molecular flexibility index (Phi) is 8.20. The number of hydrogen-bond donors (Lipinski definition) is 1. The van der Waals surface area contributed by atoms with E-state index in [2.05, 4.69) is 5.32 Å². The van der Waals surface area contributed by atoms with Gasteiger partial charge in [-0.15, -0.1) is 0 Å². The standard InChI is InChI=1S/C26H31N3O3/c1-3-28(4-2)26(32)22-11-8-12-23(19-22)27-25(31)21-15-17-29(18-16-21)24(30)14-13-20-9-6-5-7-10-20/h5-14,19,21H,3-4,15-18H2,1-2H3,(H,27,31)/b14-13+. The van der Waals surface area contributed by atoms with E-state index in [1.807, 2.05) is 50.3 Å². The van der Waals surface area contributed by atoms with Gasteiger partial charge in [-0.2, -0.15) is 0 Å². The van der Waals surface area contributed by atoms with E-state index in [0.29, 0.717) is 50.3 Å². The molecule has 1 heterocycles. The Morgan fingerprint density at radius 1 is 1.00 bits per heavy atom. The van der Waals surface area contributed by atoms with Gasteiger partial charge in [0.2, 0.25) is 11.8 Å². The van der Waals surface area contributed by atoms with Gasteiger partial charge in [0.1, 0.15) is 0 Å². The Labute approximate surface area is 189 Å². The predicted octanol–water partition coefficient (Wildman–Crippen LogP) is 4.06. The van der Waals surface area contributed by atoms with Crippen LogP contribution in [0.5, 0.6) is 0 Å². The second-order valence-corrected chi connectivity index (χ2v) is 7.89. The molecule has 0 radical (unpaired) electrons. The number of carbonyl (C=O) groups excluding carboxylic acids is 3. The van der Waals surface area contributed by atoms with Gasteiger partial charge < -0.3 is 15.1 Å². The van der Waals surface area contributed by atoms with E-state index in [1.165, 1.54) is 0 Å². The van der Waals surface area contributed by atoms with Crippen molar-refractivity contribution in [3.8, 4) is 0 Å². The van der Waals surface area contributed by atoms with E-state index in [0.717, 1.165) is 5.56 Å². The summed E-state index contributed by atoms with van der Waals surface area (Å²) in [6.45, 7) is 6.28. The number of rotatable bonds is 7. The molecule has 32 heavy (non-hydrogen) atoms. The minimum Gasteiger partial charge on any atom is -0.339 e. The Balaban J connectivity index is 1.52. The Hall–Kier alpha value is -3.41. The van der Waals surface area contributed by atoms with Crippen LogP contribution in [0.2, 0.25) is 0 Å². The predicted molar refractivity (Wildman–Crippen MR) is 127 cm³/mol. The summed E-state index contributed by atoms with van der Waals surface area (Å²) in [6, 6.07) is 16.8. The summed E-state index contributed by atoms with van der Waals surface area (Å²) in [7, 11) is 0. The molecule has 1 aliphatic heterocycles. The van der Waals surface area contributed by atoms with Crippen molar-refractivity contribution in [2.24, 2.45) is 5.92 Å². The van der Waals surface area contributed by atoms with Crippen LogP contribution in [-0.2, 0) is 9.59 Å². The maximum absolute atomic E-state index is 12.8. The second-order valence-electron chi connectivity index (χ2n) is 7.89. The molecule has 3 rings (SSSR count). The number of hydrogen-bond acceptors (Lipinski definition) is 3. The van der Waals surface area contributed by atoms with Gasteiger partial charge in [-0.25, -0.2) is 0 Å². The highest BCUT2D eigenvalue weighted by molar-refractivity contribution is 5.98. The monoisotopic (exact) mass is 433 g/mol. The van der Waals surface area contributed by atoms with E-state index < -0.39 is 0 Å². The number of nitrogens with zero attached hydrogens (tertiary/aromatic N) is 2. The zero-order valence-corrected chi connectivity index (χ0v) is 18.8. The minimum atomic E-state index is -0.153. The Bertz CT molecular complexity index is 959. The molecule has 6 nitrogen and oxygen atoms in total. The van der Waals surface area contributed by atoms with Crippen molar-refractivity contribution in [1.29, 1.82) is 0 Å². The van der Waals surface area contributed by atoms with Crippen LogP contribution < -0.4 is 5.32 Å². The average molecular weight is 434 g/mol. The van der Waals surface area contributed by atoms with Gasteiger partial charge in [-0.05, 0) is 56.5 Å². The van der Waals surface area contributed by atoms with Crippen molar-refractivity contribution in [3.63, 3.8) is 0 Å². The molecule has 1 saturated heterocycles. The zero-order chi connectivity index (χ0) is 22.9. The van der Waals surface area contributed by atoms with Gasteiger partial charge in [0, 0.05) is 49.4 Å². The maximum atomic E-state index is 12.8. The van der Waals surface area contributed by atoms with Crippen LogP contribution in [0.25, 0.3) is 6.08 Å². The van der Waals surface area contributed by atoms with Crippen molar-refractivity contribution in [2.75, 3.05) is 31.5 Å². The summed E-state index contributed by atoms with van der Waals surface area (Å²) in [6.07, 6.45) is 4.64. The van der Waals surface area contributed by atoms with Gasteiger partial charge in [0.25, 0.3) is 5.91 Å². The molecule has 2 aromatic carbocycles. The first-order valence-electron chi connectivity index (χ1n) is 11.2. The van der Waals surface area contributed by atoms with Crippen molar-refractivity contribution >= 4 is 29.5 Å². The molecular formula is C26H31N3O3. The molecule has 168 valence electrons. The number of piperidine rings is 1. The quantitative estimate of drug-likeness (QED) is 0.670. The molecule has 0 spiro atoms. The topological polar surface area (TPSA) is 69.7 Å². The lowest BCUT2D eigenvalue weighted by atomic mass is 9.95. The van der Waals surface area contributed by atoms with Crippen molar-refractivity contribution in [2.45, 2.75) is 26.7 Å². The van der Waals surface area contributed by atoms with Crippen LogP contribution in [0.15, 0.2) is 60.7 Å². The van der Waals surface area contributed by atoms with Gasteiger partial charge in [-0.1, -0.05) is 36.4 Å². The van der Waals surface area contributed by atoms with Crippen LogP contribution >= 0.6 is 0 Å². The number of likely N-dealkylation sites (tertiary alicyclic amines) is 1. The molecule has 2 aromatic rings. The molecule has 3 amide bonds. The minimum absolute atomic E-state index is 0.0321. The second kappa shape index (κ2) is 11.3. The highest BCUT2D eigenvalue weighted by Crippen LogP contribution is 2.21. The third-order valence-electron chi connectivity index (χ3n) is 5.82. The first-order chi connectivity index (χ1) is 15.5. The zero-order valence-electron chi connectivity index (χ0n) is 18.8. The van der Waals surface area contributed by atoms with Crippen LogP contribution in [-0.4, -0.2) is 53.7 Å². The third kappa shape index (κ3) is 6.06. The maximum Gasteiger partial charge on any atom is 0.253 e. The van der Waals surface area contributed by atoms with Crippen molar-refractivity contribution in [3.05, 3.63) is 71.8 Å². The van der Waals surface area contributed by atoms with Gasteiger partial charge >= 0.3 is 0 Å². The van der Waals surface area contributed by atoms with Gasteiger partial charge in [0.15, 0.2) is 0 Å². The van der Waals surface area contributed by atoms with Crippen molar-refractivity contribution < 1.29 is 14.4 Å². The summed E-state index contributed by atoms with van der Waals surface area (Å²) in [4.78, 5) is 41.3. The summed E-state index contributed by atoms with van der Waals surface area (Å²) in [5.41, 5.74) is 2.17. The fraction of sp³-hybridized carbons (Fsp3) is 0.346. The van der Waals surface area contributed by atoms with E-state index in [1.54, 1.807) is 40.1 Å². The van der Waals surface area contributed by atoms with Crippen molar-refractivity contribution in [1.82, 2.24) is 9.80 Å². The molecule has 1 fully saturated rings. The first kappa shape index (κ1) is 23.3. The number of carbonyl (C=O) groups is 3. The highest BCUT2D eigenvalue weighted by atomic mass is 16.2. The number of benzene rings is 2. The summed E-state index contributed by atoms with van der Waals surface area (Å²) < 4.78 is 0. The number of nitrogens with one attached hydrogen (secondary N) is 1. The summed E-state index contributed by atoms with van der Waals surface area (Å²) >= 11 is 0. The van der Waals surface area contributed by atoms with Crippen LogP contribution in [0.4, 0.5) is 5.69 Å². The van der Waals surface area contributed by atoms with Gasteiger partial charge in [0.05, 0.1) is 0 Å². The molecule has 0 atom stereocenters. The molecule has 0 unspecified atom stereocenters. The van der Waals surface area contributed by atoms with E-state index in [4.69, 9.17) is 0 Å². The van der Waals surface area contributed by atoms with E-state index >= 15 is 0 Å². The fourth-order valence-electron chi connectivity index (χ4n) is 3.87. The average Bonchev–Trinajstić information content (AvgIpc) is 2.84. The normalized spacial score (nSPS) is 14.4. The van der Waals surface area contributed by atoms with Gasteiger partial charge in [-0.3, -0.25) is 14.4 Å². The molecule has 0 bridgehead atoms. The SMILES string of the molecule is CCN(CC)C(=O)c1cccc(NC(=O)C2CCN(C(=O)/C=C/c3ccccc3)CC2)c1. The fourth-order valence-corrected chi connectivity index (χ4v) is 3.87. The van der Waals surface area contributed by atoms with Crippen LogP contribution in [0.1, 0.15) is 42.6 Å². The molecule has 0 aliphatic carbocycles. The molecule has 0 aromatic heterocycles. The largest absolute Gasteiger partial charge is 0.339 e. The lowest BCUT2D eigenvalue weighted by molar-refractivity contribution is -0.130. The molecular weight excluding hydrogens is 402 g/mol. The molecule has 1 aliphatic rings. The first-order valence-corrected chi connectivity index (χ1v) is 11.2. The summed E-state index contributed by atoms with van der Waals surface area (Å²) in [5, 5.41) is 2.95. The Morgan fingerprint density at radius 3 is 2.34 bits per heavy atom. The molecule has 1 N–H and O–H groups in total. The van der Waals surface area contributed by atoms with Crippen LogP contribution in [0, 0.1) is 5.92 Å². The van der Waals surface area contributed by atoms with Crippen LogP contribution in [0.3, 0.4) is 0 Å². The highest BCUT2D eigenvalue weighted by Gasteiger charge is 2.26. The van der Waals surface area contributed by atoms with E-state index in [-0.39, 0.29) is 23.6 Å².